The van der Waals surface area contributed by atoms with E-state index in [0.717, 1.165) is 64.8 Å². The first-order valence-corrected chi connectivity index (χ1v) is 26.3. The van der Waals surface area contributed by atoms with Crippen molar-refractivity contribution in [2.75, 3.05) is 39.5 Å². The van der Waals surface area contributed by atoms with Gasteiger partial charge in [-0.15, -0.1) is 0 Å². The van der Waals surface area contributed by atoms with Crippen LogP contribution in [0.25, 0.3) is 0 Å². The van der Waals surface area contributed by atoms with Crippen molar-refractivity contribution in [2.24, 2.45) is 0 Å². The first-order valence-electron chi connectivity index (χ1n) is 23.2. The average molecular weight is 756 g/mol. The van der Waals surface area contributed by atoms with E-state index in [2.05, 4.69) is 38.8 Å². The smallest absolute Gasteiger partial charge is 0.305 e. The third kappa shape index (κ3) is 37.8. The molecule has 0 saturated heterocycles. The molecule has 0 aliphatic rings. The van der Waals surface area contributed by atoms with Gasteiger partial charge in [-0.1, -0.05) is 168 Å². The number of unbranched alkanes of at least 4 members (excludes halogenated alkanes) is 24. The predicted octanol–water partition coefficient (Wildman–Crippen LogP) is 13.5. The molecule has 0 aromatic rings. The molecule has 7 heteroatoms. The van der Waals surface area contributed by atoms with Crippen LogP contribution in [0.4, 0.5) is 0 Å². The van der Waals surface area contributed by atoms with E-state index < -0.39 is 8.32 Å². The Balaban J connectivity index is 4.03. The summed E-state index contributed by atoms with van der Waals surface area (Å²) in [5.41, 5.74) is 0. The zero-order valence-corrected chi connectivity index (χ0v) is 37.0. The van der Waals surface area contributed by atoms with Crippen molar-refractivity contribution in [2.45, 2.75) is 245 Å². The summed E-state index contributed by atoms with van der Waals surface area (Å²) in [6, 6.07) is 1.25. The predicted molar refractivity (Wildman–Crippen MR) is 228 cm³/mol. The molecule has 1 atom stereocenters. The average Bonchev–Trinajstić information content (AvgIpc) is 3.12. The zero-order valence-electron chi connectivity index (χ0n) is 36.0. The SMILES string of the molecule is CCCCCCCCCCCOC(=O)CCCCCN(CCO)CCCCCCCCCC(OCCCCCCCC)O[Si](C)(C)CCCCCC. The van der Waals surface area contributed by atoms with Gasteiger partial charge in [0.2, 0.25) is 0 Å². The zero-order chi connectivity index (χ0) is 38.2. The number of nitrogens with zero attached hydrogens (tertiary/aromatic N) is 1. The standard InChI is InChI=1S/C45H93NO5Si/c1-6-9-12-15-17-18-22-26-32-41-49-44(48)35-28-27-31-38-46(39-40-47)37-30-24-21-19-20-23-29-36-45(50-42-33-25-16-13-10-7-2)51-52(4,5)43-34-14-11-8-3/h45,47H,6-43H2,1-5H3. The number of carbonyl (C=O) groups is 1. The van der Waals surface area contributed by atoms with Gasteiger partial charge in [-0.25, -0.2) is 0 Å². The largest absolute Gasteiger partial charge is 0.466 e. The Morgan fingerprint density at radius 3 is 1.52 bits per heavy atom. The Hall–Kier alpha value is -0.473. The lowest BCUT2D eigenvalue weighted by molar-refractivity contribution is -0.143. The monoisotopic (exact) mass is 756 g/mol. The number of esters is 1. The Morgan fingerprint density at radius 2 is 0.981 bits per heavy atom. The summed E-state index contributed by atoms with van der Waals surface area (Å²) in [4.78, 5) is 14.5. The Kier molecular flexibility index (Phi) is 39.8. The molecule has 0 spiro atoms. The Morgan fingerprint density at radius 1 is 0.538 bits per heavy atom. The molecule has 0 aliphatic heterocycles. The summed E-state index contributed by atoms with van der Waals surface area (Å²) in [5, 5.41) is 9.57. The lowest BCUT2D eigenvalue weighted by Crippen LogP contribution is -2.36. The third-order valence-corrected chi connectivity index (χ3v) is 13.0. The van der Waals surface area contributed by atoms with Gasteiger partial charge in [-0.3, -0.25) is 4.79 Å². The van der Waals surface area contributed by atoms with Crippen LogP contribution >= 0.6 is 0 Å². The van der Waals surface area contributed by atoms with Crippen LogP contribution in [0, 0.1) is 0 Å². The second-order valence-electron chi connectivity index (χ2n) is 16.4. The van der Waals surface area contributed by atoms with Crippen molar-refractivity contribution >= 4 is 14.3 Å². The Labute approximate surface area is 326 Å². The highest BCUT2D eigenvalue weighted by Crippen LogP contribution is 2.22. The molecule has 0 fully saturated rings. The van der Waals surface area contributed by atoms with E-state index >= 15 is 0 Å². The summed E-state index contributed by atoms with van der Waals surface area (Å²) in [6.07, 6.45) is 38.0. The minimum absolute atomic E-state index is 0.0100. The molecular weight excluding hydrogens is 663 g/mol. The quantitative estimate of drug-likeness (QED) is 0.0289. The van der Waals surface area contributed by atoms with Crippen LogP contribution in [0.2, 0.25) is 19.1 Å². The highest BCUT2D eigenvalue weighted by Gasteiger charge is 2.26. The number of carbonyl (C=O) groups excluding carboxylic acids is 1. The van der Waals surface area contributed by atoms with Crippen LogP contribution in [0.5, 0.6) is 0 Å². The normalized spacial score (nSPS) is 12.6. The second-order valence-corrected chi connectivity index (χ2v) is 20.7. The molecule has 6 nitrogen and oxygen atoms in total. The van der Waals surface area contributed by atoms with E-state index in [0.29, 0.717) is 13.0 Å². The van der Waals surface area contributed by atoms with Gasteiger partial charge in [0, 0.05) is 19.6 Å². The molecule has 0 saturated carbocycles. The maximum atomic E-state index is 12.1. The van der Waals surface area contributed by atoms with Gasteiger partial charge >= 0.3 is 5.97 Å². The summed E-state index contributed by atoms with van der Waals surface area (Å²) in [6.45, 7) is 16.1. The van der Waals surface area contributed by atoms with Crippen molar-refractivity contribution in [3.05, 3.63) is 0 Å². The van der Waals surface area contributed by atoms with Crippen LogP contribution in [0.1, 0.15) is 220 Å². The molecule has 0 amide bonds. The van der Waals surface area contributed by atoms with Crippen LogP contribution in [0.3, 0.4) is 0 Å². The molecule has 52 heavy (non-hydrogen) atoms. The van der Waals surface area contributed by atoms with Crippen molar-refractivity contribution < 1.29 is 23.8 Å². The molecule has 0 aliphatic carbocycles. The molecule has 0 bridgehead atoms. The molecule has 1 N–H and O–H groups in total. The van der Waals surface area contributed by atoms with Crippen LogP contribution < -0.4 is 0 Å². The van der Waals surface area contributed by atoms with Crippen LogP contribution in [-0.2, 0) is 18.7 Å². The van der Waals surface area contributed by atoms with Crippen molar-refractivity contribution in [3.63, 3.8) is 0 Å². The van der Waals surface area contributed by atoms with Crippen molar-refractivity contribution in [1.29, 1.82) is 0 Å². The number of aliphatic hydroxyl groups is 1. The highest BCUT2D eigenvalue weighted by atomic mass is 28.4. The van der Waals surface area contributed by atoms with Gasteiger partial charge in [-0.2, -0.15) is 0 Å². The number of ether oxygens (including phenoxy) is 2. The van der Waals surface area contributed by atoms with E-state index in [1.54, 1.807) is 0 Å². The summed E-state index contributed by atoms with van der Waals surface area (Å²) in [5.74, 6) is -0.0319. The van der Waals surface area contributed by atoms with Gasteiger partial charge in [0.1, 0.15) is 6.29 Å². The maximum absolute atomic E-state index is 12.1. The number of rotatable bonds is 43. The fourth-order valence-electron chi connectivity index (χ4n) is 7.13. The summed E-state index contributed by atoms with van der Waals surface area (Å²) >= 11 is 0. The second kappa shape index (κ2) is 40.2. The maximum Gasteiger partial charge on any atom is 0.305 e. The fraction of sp³-hybridized carbons (Fsp3) is 0.978. The highest BCUT2D eigenvalue weighted by molar-refractivity contribution is 6.71. The van der Waals surface area contributed by atoms with Gasteiger partial charge in [0.05, 0.1) is 13.2 Å². The molecule has 312 valence electrons. The minimum atomic E-state index is -1.70. The van der Waals surface area contributed by atoms with Gasteiger partial charge < -0.3 is 23.9 Å². The van der Waals surface area contributed by atoms with Crippen LogP contribution in [0.15, 0.2) is 0 Å². The topological polar surface area (TPSA) is 68.2 Å². The van der Waals surface area contributed by atoms with Gasteiger partial charge in [-0.05, 0) is 77.2 Å². The van der Waals surface area contributed by atoms with Crippen LogP contribution in [-0.4, -0.2) is 70.0 Å². The molecular formula is C45H93NO5Si. The lowest BCUT2D eigenvalue weighted by atomic mass is 10.1. The molecule has 0 aromatic heterocycles. The molecule has 0 radical (unpaired) electrons. The third-order valence-electron chi connectivity index (χ3n) is 10.6. The van der Waals surface area contributed by atoms with E-state index in [4.69, 9.17) is 13.9 Å². The minimum Gasteiger partial charge on any atom is -0.466 e. The number of aliphatic hydroxyl groups excluding tert-OH is 1. The first kappa shape index (κ1) is 51.5. The Bertz CT molecular complexity index is 724. The number of hydrogen-bond acceptors (Lipinski definition) is 6. The van der Waals surface area contributed by atoms with Gasteiger partial charge in [0.15, 0.2) is 8.32 Å². The van der Waals surface area contributed by atoms with E-state index in [-0.39, 0.29) is 18.9 Å². The van der Waals surface area contributed by atoms with Crippen molar-refractivity contribution in [1.82, 2.24) is 4.90 Å². The van der Waals surface area contributed by atoms with E-state index in [9.17, 15) is 9.90 Å². The lowest BCUT2D eigenvalue weighted by Gasteiger charge is -2.29. The van der Waals surface area contributed by atoms with E-state index in [1.165, 1.54) is 160 Å². The summed E-state index contributed by atoms with van der Waals surface area (Å²) < 4.78 is 18.6. The van der Waals surface area contributed by atoms with E-state index in [1.807, 2.05) is 0 Å². The molecule has 1 unspecified atom stereocenters. The summed E-state index contributed by atoms with van der Waals surface area (Å²) in [7, 11) is -1.70. The fourth-order valence-corrected chi connectivity index (χ4v) is 9.24. The molecule has 0 aromatic carbocycles. The number of hydrogen-bond donors (Lipinski definition) is 1. The van der Waals surface area contributed by atoms with Gasteiger partial charge in [0.25, 0.3) is 0 Å². The first-order chi connectivity index (χ1) is 25.4. The molecule has 0 rings (SSSR count). The van der Waals surface area contributed by atoms with Crippen molar-refractivity contribution in [3.8, 4) is 0 Å². The molecule has 0 heterocycles.